The lowest BCUT2D eigenvalue weighted by Gasteiger charge is -2.20. The van der Waals surface area contributed by atoms with E-state index in [9.17, 15) is 9.59 Å². The van der Waals surface area contributed by atoms with Gasteiger partial charge in [0.25, 0.3) is 0 Å². The van der Waals surface area contributed by atoms with Gasteiger partial charge in [0.2, 0.25) is 0 Å². The lowest BCUT2D eigenvalue weighted by Crippen LogP contribution is -2.46. The zero-order valence-electron chi connectivity index (χ0n) is 12.6. The Kier molecular flexibility index (Phi) is 6.68. The Morgan fingerprint density at radius 3 is 2.62 bits per heavy atom. The number of hydrogen-bond acceptors (Lipinski definition) is 3. The van der Waals surface area contributed by atoms with E-state index in [1.165, 1.54) is 0 Å². The summed E-state index contributed by atoms with van der Waals surface area (Å²) in [4.78, 5) is 23.1. The van der Waals surface area contributed by atoms with Crippen molar-refractivity contribution in [3.05, 3.63) is 29.8 Å². The predicted molar refractivity (Wildman–Crippen MR) is 82.2 cm³/mol. The Balaban J connectivity index is 2.67. The summed E-state index contributed by atoms with van der Waals surface area (Å²) in [7, 11) is 1.84. The van der Waals surface area contributed by atoms with Crippen LogP contribution >= 0.6 is 0 Å². The molecule has 21 heavy (non-hydrogen) atoms. The van der Waals surface area contributed by atoms with Gasteiger partial charge in [-0.2, -0.15) is 0 Å². The van der Waals surface area contributed by atoms with Crippen molar-refractivity contribution in [3.63, 3.8) is 0 Å². The molecule has 4 N–H and O–H groups in total. The van der Waals surface area contributed by atoms with Gasteiger partial charge >= 0.3 is 12.0 Å². The standard InChI is InChI=1S/C15H23N3O3/c1-4-10(2)13(14(19)20)18-15(21)17-12-7-5-6-11(8-12)9-16-3/h5-8,10,13,16H,4,9H2,1-3H3,(H,19,20)(H2,17,18,21)/t10?,13-/m0/s1. The van der Waals surface area contributed by atoms with Crippen molar-refractivity contribution in [2.45, 2.75) is 32.9 Å². The molecule has 0 aliphatic carbocycles. The van der Waals surface area contributed by atoms with Crippen LogP contribution in [0.5, 0.6) is 0 Å². The van der Waals surface area contributed by atoms with E-state index in [2.05, 4.69) is 16.0 Å². The summed E-state index contributed by atoms with van der Waals surface area (Å²) in [5.74, 6) is -1.16. The fourth-order valence-electron chi connectivity index (χ4n) is 1.95. The van der Waals surface area contributed by atoms with Crippen LogP contribution in [0.2, 0.25) is 0 Å². The van der Waals surface area contributed by atoms with Crippen molar-refractivity contribution in [3.8, 4) is 0 Å². The molecule has 1 aromatic rings. The largest absolute Gasteiger partial charge is 0.480 e. The normalized spacial score (nSPS) is 13.3. The topological polar surface area (TPSA) is 90.5 Å². The number of carboxylic acid groups (broad SMARTS) is 1. The van der Waals surface area contributed by atoms with E-state index in [0.29, 0.717) is 18.7 Å². The molecule has 6 heteroatoms. The molecule has 116 valence electrons. The van der Waals surface area contributed by atoms with E-state index in [1.807, 2.05) is 32.2 Å². The van der Waals surface area contributed by atoms with Gasteiger partial charge < -0.3 is 21.1 Å². The van der Waals surface area contributed by atoms with E-state index in [4.69, 9.17) is 5.11 Å². The molecular formula is C15H23N3O3. The van der Waals surface area contributed by atoms with Gasteiger partial charge in [0.15, 0.2) is 0 Å². The van der Waals surface area contributed by atoms with Gasteiger partial charge in [-0.15, -0.1) is 0 Å². The monoisotopic (exact) mass is 293 g/mol. The number of benzene rings is 1. The molecule has 0 heterocycles. The molecule has 0 bridgehead atoms. The Bertz CT molecular complexity index is 491. The zero-order valence-corrected chi connectivity index (χ0v) is 12.6. The maximum Gasteiger partial charge on any atom is 0.326 e. The first-order chi connectivity index (χ1) is 9.97. The number of aliphatic carboxylic acids is 1. The third kappa shape index (κ3) is 5.43. The number of carbonyl (C=O) groups is 2. The Morgan fingerprint density at radius 2 is 2.05 bits per heavy atom. The lowest BCUT2D eigenvalue weighted by molar-refractivity contribution is -0.140. The number of hydrogen-bond donors (Lipinski definition) is 4. The first-order valence-electron chi connectivity index (χ1n) is 7.01. The fourth-order valence-corrected chi connectivity index (χ4v) is 1.95. The number of carboxylic acids is 1. The van der Waals surface area contributed by atoms with Crippen molar-refractivity contribution in [2.24, 2.45) is 5.92 Å². The Morgan fingerprint density at radius 1 is 1.33 bits per heavy atom. The average Bonchev–Trinajstić information content (AvgIpc) is 2.44. The summed E-state index contributed by atoms with van der Waals surface area (Å²) in [5, 5.41) is 17.3. The number of amides is 2. The number of rotatable bonds is 7. The molecule has 0 saturated heterocycles. The predicted octanol–water partition coefficient (Wildman–Crippen LogP) is 2.03. The third-order valence-electron chi connectivity index (χ3n) is 3.33. The number of urea groups is 1. The van der Waals surface area contributed by atoms with Gasteiger partial charge in [-0.25, -0.2) is 9.59 Å². The summed E-state index contributed by atoms with van der Waals surface area (Å²) >= 11 is 0. The molecular weight excluding hydrogens is 270 g/mol. The van der Waals surface area contributed by atoms with Crippen LogP contribution in [0.4, 0.5) is 10.5 Å². The second kappa shape index (κ2) is 8.26. The molecule has 0 saturated carbocycles. The van der Waals surface area contributed by atoms with E-state index < -0.39 is 18.0 Å². The summed E-state index contributed by atoms with van der Waals surface area (Å²) in [5.41, 5.74) is 1.67. The quantitative estimate of drug-likeness (QED) is 0.619. The smallest absolute Gasteiger partial charge is 0.326 e. The van der Waals surface area contributed by atoms with Crippen LogP contribution in [0.3, 0.4) is 0 Å². The number of nitrogens with one attached hydrogen (secondary N) is 3. The first kappa shape index (κ1) is 17.0. The molecule has 6 nitrogen and oxygen atoms in total. The second-order valence-electron chi connectivity index (χ2n) is 5.03. The molecule has 2 amide bonds. The van der Waals surface area contributed by atoms with Crippen LogP contribution in [0, 0.1) is 5.92 Å². The summed E-state index contributed by atoms with van der Waals surface area (Å²) in [6.45, 7) is 4.38. The van der Waals surface area contributed by atoms with E-state index >= 15 is 0 Å². The average molecular weight is 293 g/mol. The molecule has 0 aromatic heterocycles. The minimum atomic E-state index is -1.02. The zero-order chi connectivity index (χ0) is 15.8. The van der Waals surface area contributed by atoms with Crippen molar-refractivity contribution < 1.29 is 14.7 Å². The number of anilines is 1. The van der Waals surface area contributed by atoms with Crippen LogP contribution in [-0.4, -0.2) is 30.2 Å². The van der Waals surface area contributed by atoms with Gasteiger partial charge in [-0.3, -0.25) is 0 Å². The van der Waals surface area contributed by atoms with Crippen molar-refractivity contribution >= 4 is 17.7 Å². The maximum atomic E-state index is 11.9. The van der Waals surface area contributed by atoms with E-state index in [1.54, 1.807) is 13.0 Å². The molecule has 1 aromatic carbocycles. The molecule has 1 rings (SSSR count). The minimum Gasteiger partial charge on any atom is -0.480 e. The first-order valence-corrected chi connectivity index (χ1v) is 7.01. The third-order valence-corrected chi connectivity index (χ3v) is 3.33. The van der Waals surface area contributed by atoms with E-state index in [0.717, 1.165) is 5.56 Å². The summed E-state index contributed by atoms with van der Waals surface area (Å²) in [6.07, 6.45) is 0.675. The van der Waals surface area contributed by atoms with Gasteiger partial charge in [-0.05, 0) is 30.7 Å². The minimum absolute atomic E-state index is 0.135. The highest BCUT2D eigenvalue weighted by Crippen LogP contribution is 2.12. The van der Waals surface area contributed by atoms with Crippen LogP contribution in [0.1, 0.15) is 25.8 Å². The van der Waals surface area contributed by atoms with Crippen molar-refractivity contribution in [1.29, 1.82) is 0 Å². The molecule has 0 aliphatic rings. The van der Waals surface area contributed by atoms with Crippen molar-refractivity contribution in [1.82, 2.24) is 10.6 Å². The SMILES string of the molecule is CCC(C)[C@H](NC(=O)Nc1cccc(CNC)c1)C(=O)O. The lowest BCUT2D eigenvalue weighted by atomic mass is 9.99. The molecule has 0 radical (unpaired) electrons. The Labute approximate surface area is 124 Å². The summed E-state index contributed by atoms with van der Waals surface area (Å²) in [6, 6.07) is 5.98. The molecule has 0 aliphatic heterocycles. The number of carbonyl (C=O) groups excluding carboxylic acids is 1. The fraction of sp³-hybridized carbons (Fsp3) is 0.467. The second-order valence-corrected chi connectivity index (χ2v) is 5.03. The van der Waals surface area contributed by atoms with Crippen molar-refractivity contribution in [2.75, 3.05) is 12.4 Å². The van der Waals surface area contributed by atoms with Crippen LogP contribution < -0.4 is 16.0 Å². The van der Waals surface area contributed by atoms with Gasteiger partial charge in [0.1, 0.15) is 6.04 Å². The van der Waals surface area contributed by atoms with Gasteiger partial charge in [0.05, 0.1) is 0 Å². The Hall–Kier alpha value is -2.08. The highest BCUT2D eigenvalue weighted by Gasteiger charge is 2.25. The molecule has 2 atom stereocenters. The van der Waals surface area contributed by atoms with Crippen LogP contribution in [-0.2, 0) is 11.3 Å². The van der Waals surface area contributed by atoms with Crippen LogP contribution in [0.25, 0.3) is 0 Å². The molecule has 1 unspecified atom stereocenters. The van der Waals surface area contributed by atoms with Crippen LogP contribution in [0.15, 0.2) is 24.3 Å². The highest BCUT2D eigenvalue weighted by molar-refractivity contribution is 5.92. The van der Waals surface area contributed by atoms with Gasteiger partial charge in [-0.1, -0.05) is 32.4 Å². The maximum absolute atomic E-state index is 11.9. The molecule has 0 fully saturated rings. The summed E-state index contributed by atoms with van der Waals surface area (Å²) < 4.78 is 0. The highest BCUT2D eigenvalue weighted by atomic mass is 16.4. The van der Waals surface area contributed by atoms with E-state index in [-0.39, 0.29) is 5.92 Å². The van der Waals surface area contributed by atoms with Gasteiger partial charge in [0, 0.05) is 12.2 Å². The molecule has 0 spiro atoms.